The molecule has 0 radical (unpaired) electrons. The third kappa shape index (κ3) is 1.84. The number of thiol groups is 1. The van der Waals surface area contributed by atoms with E-state index in [0.29, 0.717) is 16.7 Å². The minimum Gasteiger partial charge on any atom is -0.285 e. The summed E-state index contributed by atoms with van der Waals surface area (Å²) in [6.45, 7) is 1.95. The van der Waals surface area contributed by atoms with E-state index in [9.17, 15) is 4.79 Å². The third-order valence-electron chi connectivity index (χ3n) is 3.72. The molecule has 18 heavy (non-hydrogen) atoms. The lowest BCUT2D eigenvalue weighted by molar-refractivity contribution is 0.443. The van der Waals surface area contributed by atoms with Crippen molar-refractivity contribution < 1.29 is 0 Å². The van der Waals surface area contributed by atoms with E-state index in [1.165, 1.54) is 36.6 Å². The number of hydrogen-bond donors (Lipinski definition) is 2. The summed E-state index contributed by atoms with van der Waals surface area (Å²) in [7, 11) is 0. The standard InChI is InChI=1S/C12H16N4OS/c1-7-9(8-5-3-2-4-6-8)10-13-11(18)14-12(17)16(10)15-7/h8H,2-6H2,1H3,(H2,13,14,17,18). The van der Waals surface area contributed by atoms with E-state index >= 15 is 0 Å². The molecule has 0 spiro atoms. The summed E-state index contributed by atoms with van der Waals surface area (Å²) in [6, 6.07) is 0. The van der Waals surface area contributed by atoms with Crippen LogP contribution in [0, 0.1) is 6.92 Å². The molecule has 1 N–H and O–H groups in total. The average molecular weight is 264 g/mol. The third-order valence-corrected chi connectivity index (χ3v) is 3.93. The van der Waals surface area contributed by atoms with Gasteiger partial charge in [0.05, 0.1) is 5.69 Å². The Morgan fingerprint density at radius 3 is 2.78 bits per heavy atom. The van der Waals surface area contributed by atoms with E-state index in [1.54, 1.807) is 0 Å². The van der Waals surface area contributed by atoms with Crippen LogP contribution in [0.4, 0.5) is 0 Å². The molecule has 1 saturated carbocycles. The number of aromatic nitrogens is 4. The number of aromatic amines is 1. The smallest absolute Gasteiger partial charge is 0.285 e. The summed E-state index contributed by atoms with van der Waals surface area (Å²) in [6.07, 6.45) is 6.13. The second-order valence-corrected chi connectivity index (χ2v) is 5.36. The number of aryl methyl sites for hydroxylation is 1. The molecule has 0 bridgehead atoms. The van der Waals surface area contributed by atoms with E-state index in [4.69, 9.17) is 0 Å². The lowest BCUT2D eigenvalue weighted by Crippen LogP contribution is -2.19. The molecule has 1 fully saturated rings. The van der Waals surface area contributed by atoms with Gasteiger partial charge in [-0.1, -0.05) is 19.3 Å². The molecule has 2 heterocycles. The van der Waals surface area contributed by atoms with Gasteiger partial charge in [0, 0.05) is 5.56 Å². The van der Waals surface area contributed by atoms with Crippen molar-refractivity contribution in [3.8, 4) is 0 Å². The summed E-state index contributed by atoms with van der Waals surface area (Å²) in [5.41, 5.74) is 2.46. The number of fused-ring (bicyclic) bond motifs is 1. The first-order valence-corrected chi connectivity index (χ1v) is 6.80. The molecule has 1 aliphatic rings. The van der Waals surface area contributed by atoms with E-state index in [-0.39, 0.29) is 5.69 Å². The van der Waals surface area contributed by atoms with Crippen molar-refractivity contribution in [2.75, 3.05) is 0 Å². The molecule has 0 aliphatic heterocycles. The van der Waals surface area contributed by atoms with Crippen LogP contribution in [0.15, 0.2) is 9.95 Å². The summed E-state index contributed by atoms with van der Waals surface area (Å²) < 4.78 is 1.36. The molecular weight excluding hydrogens is 248 g/mol. The maximum absolute atomic E-state index is 11.8. The molecule has 0 atom stereocenters. The first-order valence-electron chi connectivity index (χ1n) is 6.35. The zero-order valence-corrected chi connectivity index (χ0v) is 11.2. The largest absolute Gasteiger partial charge is 0.350 e. The Morgan fingerprint density at radius 2 is 2.06 bits per heavy atom. The van der Waals surface area contributed by atoms with Crippen LogP contribution in [0.3, 0.4) is 0 Å². The molecule has 2 aromatic heterocycles. The molecule has 6 heteroatoms. The van der Waals surface area contributed by atoms with E-state index in [2.05, 4.69) is 27.7 Å². The van der Waals surface area contributed by atoms with Gasteiger partial charge in [0.2, 0.25) is 0 Å². The Labute approximate surface area is 110 Å². The zero-order valence-electron chi connectivity index (χ0n) is 10.3. The van der Waals surface area contributed by atoms with Crippen LogP contribution in [-0.2, 0) is 0 Å². The van der Waals surface area contributed by atoms with Crippen molar-refractivity contribution in [2.24, 2.45) is 0 Å². The molecule has 0 aromatic carbocycles. The second kappa shape index (κ2) is 4.42. The summed E-state index contributed by atoms with van der Waals surface area (Å²) in [5.74, 6) is 0.485. The van der Waals surface area contributed by atoms with Gasteiger partial charge in [0.15, 0.2) is 10.8 Å². The molecule has 1 aliphatic carbocycles. The SMILES string of the molecule is Cc1nn2c(=O)[nH]c(S)nc2c1C1CCCCC1. The fourth-order valence-corrected chi connectivity index (χ4v) is 3.11. The fraction of sp³-hybridized carbons (Fsp3) is 0.583. The van der Waals surface area contributed by atoms with Gasteiger partial charge in [0.25, 0.3) is 0 Å². The second-order valence-electron chi connectivity index (χ2n) is 4.93. The summed E-state index contributed by atoms with van der Waals surface area (Å²) >= 11 is 4.14. The molecule has 3 rings (SSSR count). The average Bonchev–Trinajstić information content (AvgIpc) is 2.67. The number of H-pyrrole nitrogens is 1. The quantitative estimate of drug-likeness (QED) is 0.775. The maximum Gasteiger partial charge on any atom is 0.350 e. The van der Waals surface area contributed by atoms with Gasteiger partial charge >= 0.3 is 5.69 Å². The van der Waals surface area contributed by atoms with Gasteiger partial charge in [-0.3, -0.25) is 4.98 Å². The Balaban J connectivity index is 2.21. The monoisotopic (exact) mass is 264 g/mol. The Kier molecular flexibility index (Phi) is 2.89. The van der Waals surface area contributed by atoms with Crippen LogP contribution in [0.2, 0.25) is 0 Å². The highest BCUT2D eigenvalue weighted by Gasteiger charge is 2.23. The van der Waals surface area contributed by atoms with E-state index < -0.39 is 0 Å². The van der Waals surface area contributed by atoms with Crippen LogP contribution < -0.4 is 5.69 Å². The van der Waals surface area contributed by atoms with E-state index in [1.807, 2.05) is 6.92 Å². The highest BCUT2D eigenvalue weighted by molar-refractivity contribution is 7.80. The summed E-state index contributed by atoms with van der Waals surface area (Å²) in [4.78, 5) is 18.7. The lowest BCUT2D eigenvalue weighted by Gasteiger charge is -2.21. The van der Waals surface area contributed by atoms with Crippen LogP contribution in [0.25, 0.3) is 5.65 Å². The number of hydrogen-bond acceptors (Lipinski definition) is 4. The Morgan fingerprint density at radius 1 is 1.33 bits per heavy atom. The minimum atomic E-state index is -0.268. The summed E-state index contributed by atoms with van der Waals surface area (Å²) in [5, 5.41) is 4.66. The Bertz CT molecular complexity index is 639. The first-order chi connectivity index (χ1) is 8.66. The Hall–Kier alpha value is -1.30. The van der Waals surface area contributed by atoms with Gasteiger partial charge in [-0.15, -0.1) is 12.6 Å². The van der Waals surface area contributed by atoms with Crippen LogP contribution in [0.5, 0.6) is 0 Å². The van der Waals surface area contributed by atoms with Gasteiger partial charge in [-0.2, -0.15) is 9.61 Å². The topological polar surface area (TPSA) is 63.1 Å². The van der Waals surface area contributed by atoms with Gasteiger partial charge in [-0.25, -0.2) is 9.78 Å². The van der Waals surface area contributed by atoms with Crippen molar-refractivity contribution >= 4 is 18.3 Å². The van der Waals surface area contributed by atoms with Crippen molar-refractivity contribution in [3.05, 3.63) is 21.7 Å². The van der Waals surface area contributed by atoms with Crippen molar-refractivity contribution in [1.29, 1.82) is 0 Å². The fourth-order valence-electron chi connectivity index (χ4n) is 2.92. The molecule has 2 aromatic rings. The number of nitrogens with one attached hydrogen (secondary N) is 1. The van der Waals surface area contributed by atoms with Crippen molar-refractivity contribution in [2.45, 2.75) is 50.1 Å². The normalized spacial score (nSPS) is 17.4. The lowest BCUT2D eigenvalue weighted by atomic mass is 9.84. The molecule has 0 amide bonds. The molecule has 0 saturated heterocycles. The molecule has 96 valence electrons. The van der Waals surface area contributed by atoms with Crippen molar-refractivity contribution in [1.82, 2.24) is 19.6 Å². The van der Waals surface area contributed by atoms with Gasteiger partial charge < -0.3 is 0 Å². The maximum atomic E-state index is 11.8. The molecule has 0 unspecified atom stereocenters. The van der Waals surface area contributed by atoms with Crippen LogP contribution in [-0.4, -0.2) is 19.6 Å². The highest BCUT2D eigenvalue weighted by atomic mass is 32.1. The number of rotatable bonds is 1. The van der Waals surface area contributed by atoms with Crippen LogP contribution in [0.1, 0.15) is 49.3 Å². The minimum absolute atomic E-state index is 0.268. The predicted octanol–water partition coefficient (Wildman–Crippen LogP) is 2.06. The van der Waals surface area contributed by atoms with Gasteiger partial charge in [0.1, 0.15) is 0 Å². The van der Waals surface area contributed by atoms with Gasteiger partial charge in [-0.05, 0) is 25.7 Å². The van der Waals surface area contributed by atoms with Crippen LogP contribution >= 0.6 is 12.6 Å². The molecule has 5 nitrogen and oxygen atoms in total. The highest BCUT2D eigenvalue weighted by Crippen LogP contribution is 2.35. The predicted molar refractivity (Wildman–Crippen MR) is 71.4 cm³/mol. The first kappa shape index (κ1) is 11.8. The molecular formula is C12H16N4OS. The van der Waals surface area contributed by atoms with Crippen molar-refractivity contribution in [3.63, 3.8) is 0 Å². The zero-order chi connectivity index (χ0) is 12.7. The van der Waals surface area contributed by atoms with E-state index in [0.717, 1.165) is 11.3 Å². The number of nitrogens with zero attached hydrogens (tertiary/aromatic N) is 3.